The van der Waals surface area contributed by atoms with E-state index in [1.165, 1.54) is 25.7 Å². The highest BCUT2D eigenvalue weighted by Gasteiger charge is 2.40. The minimum atomic E-state index is 0.0336. The Morgan fingerprint density at radius 1 is 1.24 bits per heavy atom. The lowest BCUT2D eigenvalue weighted by atomic mass is 9.86. The Morgan fingerprint density at radius 2 is 2.08 bits per heavy atom. The van der Waals surface area contributed by atoms with Crippen molar-refractivity contribution in [3.8, 4) is 0 Å². The average Bonchev–Trinajstić information content (AvgIpc) is 3.33. The van der Waals surface area contributed by atoms with Gasteiger partial charge in [0.2, 0.25) is 11.8 Å². The summed E-state index contributed by atoms with van der Waals surface area (Å²) in [7, 11) is 0. The molecule has 2 saturated carbocycles. The summed E-state index contributed by atoms with van der Waals surface area (Å²) in [6.45, 7) is 2.65. The van der Waals surface area contributed by atoms with E-state index in [-0.39, 0.29) is 18.4 Å². The van der Waals surface area contributed by atoms with E-state index in [0.29, 0.717) is 44.5 Å². The van der Waals surface area contributed by atoms with Gasteiger partial charge in [-0.25, -0.2) is 0 Å². The minimum absolute atomic E-state index is 0.0336. The summed E-state index contributed by atoms with van der Waals surface area (Å²) < 4.78 is 6.85. The molecule has 0 spiro atoms. The number of hydrogen-bond acceptors (Lipinski definition) is 4. The van der Waals surface area contributed by atoms with Crippen molar-refractivity contribution in [1.29, 1.82) is 0 Å². The molecule has 3 atom stereocenters. The first-order valence-corrected chi connectivity index (χ1v) is 9.36. The fourth-order valence-electron chi connectivity index (χ4n) is 4.63. The maximum absolute atomic E-state index is 12.3. The van der Waals surface area contributed by atoms with E-state index in [1.54, 1.807) is 21.8 Å². The number of carbonyl (C=O) groups is 2. The maximum Gasteiger partial charge on any atom is 0.244 e. The highest BCUT2D eigenvalue weighted by Crippen LogP contribution is 2.49. The first-order chi connectivity index (χ1) is 12.2. The third-order valence-electron chi connectivity index (χ3n) is 5.90. The summed E-state index contributed by atoms with van der Waals surface area (Å²) in [6.07, 6.45) is 7.51. The number of amides is 2. The number of nitrogens with zero attached hydrogens (tertiary/aromatic N) is 3. The van der Waals surface area contributed by atoms with Gasteiger partial charge in [-0.15, -0.1) is 0 Å². The summed E-state index contributed by atoms with van der Waals surface area (Å²) in [4.78, 5) is 26.3. The number of rotatable bonds is 5. The van der Waals surface area contributed by atoms with Crippen LogP contribution in [0.25, 0.3) is 0 Å². The molecule has 3 fully saturated rings. The van der Waals surface area contributed by atoms with Crippen LogP contribution in [0.5, 0.6) is 0 Å². The van der Waals surface area contributed by atoms with Gasteiger partial charge in [-0.2, -0.15) is 5.10 Å². The van der Waals surface area contributed by atoms with Crippen molar-refractivity contribution >= 4 is 17.6 Å². The number of carbonyl (C=O) groups excluding carboxylic acids is 2. The second-order valence-electron chi connectivity index (χ2n) is 7.58. The van der Waals surface area contributed by atoms with Crippen LogP contribution in [0.2, 0.25) is 0 Å². The Morgan fingerprint density at radius 3 is 2.80 bits per heavy atom. The molecule has 25 heavy (non-hydrogen) atoms. The normalized spacial score (nSPS) is 28.3. The van der Waals surface area contributed by atoms with Crippen LogP contribution >= 0.6 is 0 Å². The van der Waals surface area contributed by atoms with Crippen LogP contribution in [-0.4, -0.2) is 52.8 Å². The van der Waals surface area contributed by atoms with Crippen molar-refractivity contribution in [2.24, 2.45) is 17.8 Å². The number of anilines is 1. The zero-order valence-electron chi connectivity index (χ0n) is 14.5. The largest absolute Gasteiger partial charge is 0.378 e. The van der Waals surface area contributed by atoms with Crippen molar-refractivity contribution in [2.45, 2.75) is 38.6 Å². The Balaban J connectivity index is 1.26. The highest BCUT2D eigenvalue weighted by molar-refractivity contribution is 5.89. The number of aromatic nitrogens is 2. The fraction of sp³-hybridized carbons (Fsp3) is 0.722. The second-order valence-corrected chi connectivity index (χ2v) is 7.58. The second kappa shape index (κ2) is 7.15. The number of fused-ring (bicyclic) bond motifs is 2. The molecule has 1 saturated heterocycles. The lowest BCUT2D eigenvalue weighted by Crippen LogP contribution is -2.42. The molecule has 2 heterocycles. The highest BCUT2D eigenvalue weighted by atomic mass is 16.5. The van der Waals surface area contributed by atoms with Gasteiger partial charge in [0.1, 0.15) is 6.54 Å². The smallest absolute Gasteiger partial charge is 0.244 e. The Kier molecular flexibility index (Phi) is 4.74. The van der Waals surface area contributed by atoms with Crippen LogP contribution < -0.4 is 5.32 Å². The van der Waals surface area contributed by atoms with E-state index in [9.17, 15) is 9.59 Å². The van der Waals surface area contributed by atoms with Crippen LogP contribution in [0.4, 0.5) is 5.82 Å². The summed E-state index contributed by atoms with van der Waals surface area (Å²) in [5, 5.41) is 7.20. The van der Waals surface area contributed by atoms with Gasteiger partial charge in [0.15, 0.2) is 5.82 Å². The molecule has 7 nitrogen and oxygen atoms in total. The molecule has 2 bridgehead atoms. The number of hydrogen-bond donors (Lipinski definition) is 1. The molecular weight excluding hydrogens is 320 g/mol. The fourth-order valence-corrected chi connectivity index (χ4v) is 4.63. The van der Waals surface area contributed by atoms with Crippen molar-refractivity contribution in [3.05, 3.63) is 12.3 Å². The maximum atomic E-state index is 12.3. The van der Waals surface area contributed by atoms with Gasteiger partial charge in [-0.05, 0) is 37.0 Å². The van der Waals surface area contributed by atoms with Crippen molar-refractivity contribution in [3.63, 3.8) is 0 Å². The first-order valence-electron chi connectivity index (χ1n) is 9.36. The Bertz CT molecular complexity index is 638. The van der Waals surface area contributed by atoms with Gasteiger partial charge in [0.05, 0.1) is 13.2 Å². The lowest BCUT2D eigenvalue weighted by Gasteiger charge is -2.26. The molecule has 1 N–H and O–H groups in total. The molecule has 3 aliphatic rings. The third-order valence-corrected chi connectivity index (χ3v) is 5.90. The van der Waals surface area contributed by atoms with Gasteiger partial charge in [-0.1, -0.05) is 6.42 Å². The van der Waals surface area contributed by atoms with E-state index in [4.69, 9.17) is 4.74 Å². The third kappa shape index (κ3) is 3.86. The number of morpholine rings is 1. The van der Waals surface area contributed by atoms with Crippen LogP contribution in [0.15, 0.2) is 12.3 Å². The first kappa shape index (κ1) is 16.6. The van der Waals surface area contributed by atoms with Gasteiger partial charge in [0, 0.05) is 31.8 Å². The summed E-state index contributed by atoms with van der Waals surface area (Å²) >= 11 is 0. The molecule has 1 aliphatic heterocycles. The molecule has 0 radical (unpaired) electrons. The van der Waals surface area contributed by atoms with Crippen LogP contribution in [0, 0.1) is 17.8 Å². The Hall–Kier alpha value is -1.89. The minimum Gasteiger partial charge on any atom is -0.378 e. The number of ether oxygens (including phenoxy) is 1. The van der Waals surface area contributed by atoms with Gasteiger partial charge in [-0.3, -0.25) is 14.3 Å². The summed E-state index contributed by atoms with van der Waals surface area (Å²) in [5.41, 5.74) is 0. The van der Waals surface area contributed by atoms with E-state index >= 15 is 0 Å². The molecule has 2 aliphatic carbocycles. The van der Waals surface area contributed by atoms with Gasteiger partial charge < -0.3 is 15.0 Å². The predicted molar refractivity (Wildman–Crippen MR) is 91.8 cm³/mol. The molecule has 7 heteroatoms. The quantitative estimate of drug-likeness (QED) is 0.877. The van der Waals surface area contributed by atoms with E-state index in [2.05, 4.69) is 10.4 Å². The molecule has 4 rings (SSSR count). The monoisotopic (exact) mass is 346 g/mol. The van der Waals surface area contributed by atoms with Crippen molar-refractivity contribution in [1.82, 2.24) is 14.7 Å². The SMILES string of the molecule is O=C(CC1CC2CCC1C2)Nc1ccn(CC(=O)N2CCOCC2)n1. The molecule has 3 unspecified atom stereocenters. The molecule has 1 aromatic rings. The Labute approximate surface area is 147 Å². The summed E-state index contributed by atoms with van der Waals surface area (Å²) in [6, 6.07) is 1.76. The van der Waals surface area contributed by atoms with E-state index in [1.807, 2.05) is 0 Å². The topological polar surface area (TPSA) is 76.5 Å². The van der Waals surface area contributed by atoms with Gasteiger partial charge >= 0.3 is 0 Å². The van der Waals surface area contributed by atoms with Crippen LogP contribution in [0.3, 0.4) is 0 Å². The zero-order valence-corrected chi connectivity index (χ0v) is 14.5. The average molecular weight is 346 g/mol. The van der Waals surface area contributed by atoms with Crippen LogP contribution in [0.1, 0.15) is 32.1 Å². The zero-order chi connectivity index (χ0) is 17.2. The van der Waals surface area contributed by atoms with E-state index < -0.39 is 0 Å². The number of nitrogens with one attached hydrogen (secondary N) is 1. The molecule has 2 amide bonds. The van der Waals surface area contributed by atoms with Crippen molar-refractivity contribution in [2.75, 3.05) is 31.6 Å². The molecular formula is C18H26N4O3. The van der Waals surface area contributed by atoms with Crippen molar-refractivity contribution < 1.29 is 14.3 Å². The standard InChI is InChI=1S/C18H26N4O3/c23-17(11-15-10-13-1-2-14(15)9-13)19-16-3-4-22(20-16)12-18(24)21-5-7-25-8-6-21/h3-4,13-15H,1-2,5-12H2,(H,19,20,23). The molecule has 136 valence electrons. The molecule has 0 aromatic carbocycles. The van der Waals surface area contributed by atoms with E-state index in [0.717, 1.165) is 11.8 Å². The molecule has 1 aromatic heterocycles. The predicted octanol–water partition coefficient (Wildman–Crippen LogP) is 1.51. The lowest BCUT2D eigenvalue weighted by molar-refractivity contribution is -0.136. The van der Waals surface area contributed by atoms with Gasteiger partial charge in [0.25, 0.3) is 0 Å². The van der Waals surface area contributed by atoms with Crippen LogP contribution in [-0.2, 0) is 20.9 Å². The summed E-state index contributed by atoms with van der Waals surface area (Å²) in [5.74, 6) is 2.76.